The average Bonchev–Trinajstić information content (AvgIpc) is 2.83. The van der Waals surface area contributed by atoms with E-state index in [2.05, 4.69) is 20.2 Å². The Morgan fingerprint density at radius 2 is 1.78 bits per heavy atom. The van der Waals surface area contributed by atoms with Gasteiger partial charge in [-0.3, -0.25) is 0 Å². The van der Waals surface area contributed by atoms with Gasteiger partial charge in [-0.2, -0.15) is 13.2 Å². The summed E-state index contributed by atoms with van der Waals surface area (Å²) in [4.78, 5) is 25.5. The Hall–Kier alpha value is -3.80. The smallest absolute Gasteiger partial charge is 0.416 e. The molecule has 1 aliphatic heterocycles. The fourth-order valence-corrected chi connectivity index (χ4v) is 4.13. The fourth-order valence-electron chi connectivity index (χ4n) is 4.13. The molecule has 2 heterocycles. The van der Waals surface area contributed by atoms with Crippen LogP contribution in [0.1, 0.15) is 29.9 Å². The van der Waals surface area contributed by atoms with Crippen LogP contribution in [-0.4, -0.2) is 66.2 Å². The van der Waals surface area contributed by atoms with Gasteiger partial charge in [-0.25, -0.2) is 14.8 Å². The third-order valence-corrected chi connectivity index (χ3v) is 6.21. The van der Waals surface area contributed by atoms with E-state index in [1.807, 2.05) is 7.05 Å². The molecule has 4 rings (SSSR count). The van der Waals surface area contributed by atoms with Gasteiger partial charge in [-0.05, 0) is 50.7 Å². The Morgan fingerprint density at radius 1 is 1.08 bits per heavy atom. The number of halogens is 3. The molecule has 0 aliphatic carbocycles. The van der Waals surface area contributed by atoms with E-state index >= 15 is 0 Å². The number of methoxy groups -OCH3 is 1. The second-order valence-electron chi connectivity index (χ2n) is 9.05. The summed E-state index contributed by atoms with van der Waals surface area (Å²) >= 11 is 0. The number of hydrogen-bond donors (Lipinski definition) is 2. The van der Waals surface area contributed by atoms with E-state index in [0.29, 0.717) is 46.9 Å². The number of amides is 1. The summed E-state index contributed by atoms with van der Waals surface area (Å²) in [5.41, 5.74) is 5.78. The third kappa shape index (κ3) is 5.96. The normalized spacial score (nSPS) is 15.5. The zero-order valence-corrected chi connectivity index (χ0v) is 21.0. The first kappa shape index (κ1) is 26.3. The number of aromatic nitrogens is 2. The Kier molecular flexibility index (Phi) is 7.30. The van der Waals surface area contributed by atoms with Gasteiger partial charge in [0.2, 0.25) is 0 Å². The largest absolute Gasteiger partial charge is 0.493 e. The molecule has 0 radical (unpaired) electrons. The van der Waals surface area contributed by atoms with Gasteiger partial charge in [0.15, 0.2) is 11.5 Å². The molecular weight excluding hydrogens is 489 g/mol. The van der Waals surface area contributed by atoms with Gasteiger partial charge in [0.05, 0.1) is 24.2 Å². The van der Waals surface area contributed by atoms with Gasteiger partial charge in [-0.1, -0.05) is 0 Å². The first-order chi connectivity index (χ1) is 17.4. The molecule has 12 heteroatoms. The van der Waals surface area contributed by atoms with Gasteiger partial charge < -0.3 is 30.3 Å². The molecule has 0 saturated carbocycles. The van der Waals surface area contributed by atoms with Crippen molar-refractivity contribution in [1.82, 2.24) is 19.8 Å². The molecule has 0 spiro atoms. The first-order valence-electron chi connectivity index (χ1n) is 11.7. The highest BCUT2D eigenvalue weighted by Crippen LogP contribution is 2.37. The molecule has 37 heavy (non-hydrogen) atoms. The number of hydrogen-bond acceptors (Lipinski definition) is 8. The second kappa shape index (κ2) is 10.3. The van der Waals surface area contributed by atoms with Crippen LogP contribution in [0.15, 0.2) is 30.3 Å². The number of carbonyl (C=O) groups excluding carboxylic acids is 1. The summed E-state index contributed by atoms with van der Waals surface area (Å²) < 4.78 is 51.1. The Balaban J connectivity index is 1.67. The predicted molar refractivity (Wildman–Crippen MR) is 134 cm³/mol. The number of nitrogens with zero attached hydrogens (tertiary/aromatic N) is 4. The van der Waals surface area contributed by atoms with E-state index in [9.17, 15) is 18.0 Å². The molecule has 2 aromatic carbocycles. The van der Waals surface area contributed by atoms with Crippen LogP contribution in [0.3, 0.4) is 0 Å². The Bertz CT molecular complexity index is 1310. The van der Waals surface area contributed by atoms with Crippen LogP contribution in [-0.2, 0) is 6.18 Å². The van der Waals surface area contributed by atoms with E-state index < -0.39 is 23.9 Å². The van der Waals surface area contributed by atoms with Crippen molar-refractivity contribution in [2.24, 2.45) is 0 Å². The van der Waals surface area contributed by atoms with Crippen LogP contribution < -0.4 is 20.5 Å². The SMILES string of the molecule is COc1cc2nc(C)nc(NC(C)c3cc(N)cc(C(F)(F)F)c3)c2cc1OC(=O)N1CCN(C)CC1. The minimum Gasteiger partial charge on any atom is -0.493 e. The van der Waals surface area contributed by atoms with Crippen molar-refractivity contribution in [2.45, 2.75) is 26.1 Å². The molecule has 1 saturated heterocycles. The van der Waals surface area contributed by atoms with Crippen LogP contribution in [0.4, 0.5) is 29.5 Å². The summed E-state index contributed by atoms with van der Waals surface area (Å²) in [5.74, 6) is 1.31. The van der Waals surface area contributed by atoms with Crippen LogP contribution >= 0.6 is 0 Å². The number of rotatable bonds is 5. The van der Waals surface area contributed by atoms with Gasteiger partial charge in [0.25, 0.3) is 0 Å². The number of benzene rings is 2. The molecule has 3 aromatic rings. The number of alkyl halides is 3. The zero-order chi connectivity index (χ0) is 26.9. The van der Waals surface area contributed by atoms with Crippen LogP contribution in [0.5, 0.6) is 11.5 Å². The van der Waals surface area contributed by atoms with E-state index in [1.54, 1.807) is 30.9 Å². The van der Waals surface area contributed by atoms with Crippen molar-refractivity contribution in [3.8, 4) is 11.5 Å². The van der Waals surface area contributed by atoms with Gasteiger partial charge in [0.1, 0.15) is 11.6 Å². The number of fused-ring (bicyclic) bond motifs is 1. The first-order valence-corrected chi connectivity index (χ1v) is 11.7. The summed E-state index contributed by atoms with van der Waals surface area (Å²) in [5, 5.41) is 3.68. The number of nitrogen functional groups attached to an aromatic ring is 1. The molecule has 1 aliphatic rings. The van der Waals surface area contributed by atoms with Crippen molar-refractivity contribution in [3.63, 3.8) is 0 Å². The lowest BCUT2D eigenvalue weighted by atomic mass is 10.0. The topological polar surface area (TPSA) is 106 Å². The highest BCUT2D eigenvalue weighted by atomic mass is 19.4. The minimum absolute atomic E-state index is 0.00467. The van der Waals surface area contributed by atoms with Crippen molar-refractivity contribution >= 4 is 28.5 Å². The maximum Gasteiger partial charge on any atom is 0.416 e. The van der Waals surface area contributed by atoms with E-state index in [0.717, 1.165) is 25.2 Å². The quantitative estimate of drug-likeness (QED) is 0.477. The second-order valence-corrected chi connectivity index (χ2v) is 9.05. The number of piperazine rings is 1. The highest BCUT2D eigenvalue weighted by Gasteiger charge is 2.31. The van der Waals surface area contributed by atoms with Gasteiger partial charge in [0, 0.05) is 43.3 Å². The predicted octanol–water partition coefficient (Wildman–Crippen LogP) is 4.47. The maximum atomic E-state index is 13.3. The lowest BCUT2D eigenvalue weighted by molar-refractivity contribution is -0.137. The summed E-state index contributed by atoms with van der Waals surface area (Å²) in [7, 11) is 3.45. The van der Waals surface area contributed by atoms with Crippen LogP contribution in [0.2, 0.25) is 0 Å². The van der Waals surface area contributed by atoms with Crippen LogP contribution in [0.25, 0.3) is 10.9 Å². The molecule has 0 bridgehead atoms. The van der Waals surface area contributed by atoms with Crippen molar-refractivity contribution < 1.29 is 27.4 Å². The molecule has 3 N–H and O–H groups in total. The number of ether oxygens (including phenoxy) is 2. The highest BCUT2D eigenvalue weighted by molar-refractivity contribution is 5.92. The number of nitrogens with two attached hydrogens (primary N) is 1. The molecular formula is C25H29F3N6O3. The van der Waals surface area contributed by atoms with Crippen LogP contribution in [0, 0.1) is 6.92 Å². The Labute approximate surface area is 212 Å². The summed E-state index contributed by atoms with van der Waals surface area (Å²) in [6, 6.07) is 6.08. The summed E-state index contributed by atoms with van der Waals surface area (Å²) in [6.45, 7) is 5.96. The molecule has 9 nitrogen and oxygen atoms in total. The molecule has 1 unspecified atom stereocenters. The van der Waals surface area contributed by atoms with E-state index in [-0.39, 0.29) is 11.4 Å². The lowest BCUT2D eigenvalue weighted by Gasteiger charge is -2.31. The number of nitrogens with one attached hydrogen (secondary N) is 1. The molecule has 1 amide bonds. The standard InChI is InChI=1S/C25H29F3N6O3/c1-14(16-9-17(25(26,27)28)11-18(29)10-16)30-23-19-12-22(21(36-4)13-20(19)31-15(2)32-23)37-24(35)34-7-5-33(3)6-8-34/h9-14H,5-8,29H2,1-4H3,(H,30,31,32). The van der Waals surface area contributed by atoms with Gasteiger partial charge >= 0.3 is 12.3 Å². The molecule has 198 valence electrons. The van der Waals surface area contributed by atoms with Crippen molar-refractivity contribution in [3.05, 3.63) is 47.3 Å². The molecule has 1 atom stereocenters. The number of likely N-dealkylation sites (N-methyl/N-ethyl adjacent to an activating group) is 1. The third-order valence-electron chi connectivity index (χ3n) is 6.21. The van der Waals surface area contributed by atoms with E-state index in [4.69, 9.17) is 15.2 Å². The molecule has 1 fully saturated rings. The Morgan fingerprint density at radius 3 is 2.43 bits per heavy atom. The average molecular weight is 519 g/mol. The van der Waals surface area contributed by atoms with Gasteiger partial charge in [-0.15, -0.1) is 0 Å². The van der Waals surface area contributed by atoms with Crippen molar-refractivity contribution in [2.75, 3.05) is 51.4 Å². The maximum absolute atomic E-state index is 13.3. The minimum atomic E-state index is -4.53. The lowest BCUT2D eigenvalue weighted by Crippen LogP contribution is -2.48. The monoisotopic (exact) mass is 518 g/mol. The van der Waals surface area contributed by atoms with Crippen molar-refractivity contribution in [1.29, 1.82) is 0 Å². The summed E-state index contributed by atoms with van der Waals surface area (Å²) in [6.07, 6.45) is -5.03. The number of aryl methyl sites for hydroxylation is 1. The fraction of sp³-hybridized carbons (Fsp3) is 0.400. The molecule has 1 aromatic heterocycles. The number of carbonyl (C=O) groups is 1. The van der Waals surface area contributed by atoms with E-state index in [1.165, 1.54) is 13.2 Å². The zero-order valence-electron chi connectivity index (χ0n) is 21.0. The number of anilines is 2.